The van der Waals surface area contributed by atoms with Crippen molar-refractivity contribution in [1.82, 2.24) is 10.3 Å². The minimum Gasteiger partial charge on any atom is -0.334 e. The SMILES string of the molecule is CS(=O)c1ccc(NC(=O)NCc2ccc3ncccc3c2)cc1. The van der Waals surface area contributed by atoms with E-state index in [9.17, 15) is 9.00 Å². The van der Waals surface area contributed by atoms with E-state index in [4.69, 9.17) is 0 Å². The van der Waals surface area contributed by atoms with Crippen LogP contribution in [-0.2, 0) is 17.3 Å². The molecule has 2 N–H and O–H groups in total. The standard InChI is InChI=1S/C18H17N3O2S/c1-24(23)16-7-5-15(6-8-16)21-18(22)20-12-13-4-9-17-14(11-13)3-2-10-19-17/h2-11H,12H2,1H3,(H2,20,21,22). The zero-order chi connectivity index (χ0) is 16.9. The molecule has 122 valence electrons. The number of carbonyl (C=O) groups is 1. The fourth-order valence-electron chi connectivity index (χ4n) is 2.32. The van der Waals surface area contributed by atoms with Crippen molar-refractivity contribution < 1.29 is 9.00 Å². The first kappa shape index (κ1) is 16.1. The van der Waals surface area contributed by atoms with Crippen LogP contribution in [0.25, 0.3) is 10.9 Å². The van der Waals surface area contributed by atoms with E-state index in [-0.39, 0.29) is 6.03 Å². The van der Waals surface area contributed by atoms with Gasteiger partial charge in [0.1, 0.15) is 0 Å². The average molecular weight is 339 g/mol. The van der Waals surface area contributed by atoms with Crippen LogP contribution >= 0.6 is 0 Å². The van der Waals surface area contributed by atoms with Gasteiger partial charge < -0.3 is 10.6 Å². The first-order chi connectivity index (χ1) is 11.6. The third kappa shape index (κ3) is 3.97. The second kappa shape index (κ2) is 7.23. The molecular formula is C18H17N3O2S. The lowest BCUT2D eigenvalue weighted by molar-refractivity contribution is 0.251. The van der Waals surface area contributed by atoms with Gasteiger partial charge >= 0.3 is 6.03 Å². The van der Waals surface area contributed by atoms with Crippen LogP contribution in [0.2, 0.25) is 0 Å². The van der Waals surface area contributed by atoms with Gasteiger partial charge in [-0.3, -0.25) is 9.19 Å². The van der Waals surface area contributed by atoms with Crippen molar-refractivity contribution in [3.05, 3.63) is 66.4 Å². The van der Waals surface area contributed by atoms with Gasteiger partial charge in [0.15, 0.2) is 0 Å². The molecule has 6 heteroatoms. The van der Waals surface area contributed by atoms with E-state index in [0.29, 0.717) is 12.2 Å². The second-order valence-corrected chi connectivity index (χ2v) is 6.70. The molecule has 0 aliphatic rings. The smallest absolute Gasteiger partial charge is 0.319 e. The molecule has 0 radical (unpaired) electrons. The number of fused-ring (bicyclic) bond motifs is 1. The Morgan fingerprint density at radius 3 is 2.67 bits per heavy atom. The number of pyridine rings is 1. The monoisotopic (exact) mass is 339 g/mol. The Bertz CT molecular complexity index is 894. The van der Waals surface area contributed by atoms with Gasteiger partial charge in [-0.25, -0.2) is 4.79 Å². The lowest BCUT2D eigenvalue weighted by atomic mass is 10.1. The number of nitrogens with one attached hydrogen (secondary N) is 2. The Kier molecular flexibility index (Phi) is 4.86. The number of amides is 2. The van der Waals surface area contributed by atoms with Crippen LogP contribution in [0.3, 0.4) is 0 Å². The molecule has 0 fully saturated rings. The lowest BCUT2D eigenvalue weighted by Crippen LogP contribution is -2.28. The highest BCUT2D eigenvalue weighted by Crippen LogP contribution is 2.14. The van der Waals surface area contributed by atoms with Crippen molar-refractivity contribution in [3.8, 4) is 0 Å². The minimum atomic E-state index is -1.02. The van der Waals surface area contributed by atoms with Crippen LogP contribution in [0.5, 0.6) is 0 Å². The van der Waals surface area contributed by atoms with Crippen LogP contribution in [0.15, 0.2) is 65.7 Å². The molecule has 0 aliphatic heterocycles. The summed E-state index contributed by atoms with van der Waals surface area (Å²) in [5, 5.41) is 6.62. The van der Waals surface area contributed by atoms with Gasteiger partial charge in [0.2, 0.25) is 0 Å². The minimum absolute atomic E-state index is 0.286. The number of hydrogen-bond acceptors (Lipinski definition) is 3. The molecule has 1 heterocycles. The maximum Gasteiger partial charge on any atom is 0.319 e. The van der Waals surface area contributed by atoms with Gasteiger partial charge in [-0.2, -0.15) is 0 Å². The quantitative estimate of drug-likeness (QED) is 0.766. The highest BCUT2D eigenvalue weighted by Gasteiger charge is 2.04. The molecule has 1 atom stereocenters. The number of anilines is 1. The Morgan fingerprint density at radius 2 is 1.92 bits per heavy atom. The fraction of sp³-hybridized carbons (Fsp3) is 0.111. The fourth-order valence-corrected chi connectivity index (χ4v) is 2.84. The summed E-state index contributed by atoms with van der Waals surface area (Å²) in [6.07, 6.45) is 3.38. The van der Waals surface area contributed by atoms with Crippen LogP contribution in [-0.4, -0.2) is 21.5 Å². The zero-order valence-corrected chi connectivity index (χ0v) is 14.0. The zero-order valence-electron chi connectivity index (χ0n) is 13.2. The molecule has 0 bridgehead atoms. The predicted molar refractivity (Wildman–Crippen MR) is 96.4 cm³/mol. The van der Waals surface area contributed by atoms with Crippen LogP contribution < -0.4 is 10.6 Å². The molecule has 1 unspecified atom stereocenters. The summed E-state index contributed by atoms with van der Waals surface area (Å²) in [6, 6.07) is 16.4. The molecule has 5 nitrogen and oxygen atoms in total. The summed E-state index contributed by atoms with van der Waals surface area (Å²) < 4.78 is 11.3. The Hall–Kier alpha value is -2.73. The summed E-state index contributed by atoms with van der Waals surface area (Å²) in [7, 11) is -1.02. The maximum atomic E-state index is 12.0. The van der Waals surface area contributed by atoms with E-state index in [2.05, 4.69) is 15.6 Å². The molecule has 2 amide bonds. The largest absolute Gasteiger partial charge is 0.334 e. The van der Waals surface area contributed by atoms with Crippen LogP contribution in [0.1, 0.15) is 5.56 Å². The van der Waals surface area contributed by atoms with Crippen LogP contribution in [0.4, 0.5) is 10.5 Å². The molecule has 0 saturated carbocycles. The van der Waals surface area contributed by atoms with E-state index < -0.39 is 10.8 Å². The molecule has 3 rings (SSSR count). The normalized spacial score (nSPS) is 11.9. The average Bonchev–Trinajstić information content (AvgIpc) is 2.60. The number of urea groups is 1. The maximum absolute atomic E-state index is 12.0. The predicted octanol–water partition coefficient (Wildman–Crippen LogP) is 3.29. The topological polar surface area (TPSA) is 71.1 Å². The number of rotatable bonds is 4. The van der Waals surface area contributed by atoms with Gasteiger partial charge in [-0.1, -0.05) is 12.1 Å². The Morgan fingerprint density at radius 1 is 1.12 bits per heavy atom. The number of carbonyl (C=O) groups excluding carboxylic acids is 1. The number of benzene rings is 2. The van der Waals surface area contributed by atoms with Crippen molar-refractivity contribution in [3.63, 3.8) is 0 Å². The van der Waals surface area contributed by atoms with E-state index in [0.717, 1.165) is 21.4 Å². The van der Waals surface area contributed by atoms with E-state index in [1.54, 1.807) is 36.7 Å². The van der Waals surface area contributed by atoms with Gasteiger partial charge in [0, 0.05) is 45.8 Å². The number of aromatic nitrogens is 1. The van der Waals surface area contributed by atoms with Crippen molar-refractivity contribution in [2.45, 2.75) is 11.4 Å². The summed E-state index contributed by atoms with van der Waals surface area (Å²) in [5.74, 6) is 0. The van der Waals surface area contributed by atoms with Gasteiger partial charge in [0.25, 0.3) is 0 Å². The molecule has 3 aromatic rings. The second-order valence-electron chi connectivity index (χ2n) is 5.32. The third-order valence-corrected chi connectivity index (χ3v) is 4.50. The summed E-state index contributed by atoms with van der Waals surface area (Å²) in [6.45, 7) is 0.424. The van der Waals surface area contributed by atoms with E-state index in [1.807, 2.05) is 30.3 Å². The summed E-state index contributed by atoms with van der Waals surface area (Å²) in [4.78, 5) is 17.0. The molecule has 24 heavy (non-hydrogen) atoms. The first-order valence-corrected chi connectivity index (χ1v) is 8.99. The van der Waals surface area contributed by atoms with Crippen molar-refractivity contribution >= 4 is 33.4 Å². The van der Waals surface area contributed by atoms with Gasteiger partial charge in [-0.05, 0) is 48.0 Å². The summed E-state index contributed by atoms with van der Waals surface area (Å²) in [5.41, 5.74) is 2.59. The number of nitrogens with zero attached hydrogens (tertiary/aromatic N) is 1. The number of hydrogen-bond donors (Lipinski definition) is 2. The van der Waals surface area contributed by atoms with Crippen molar-refractivity contribution in [2.75, 3.05) is 11.6 Å². The lowest BCUT2D eigenvalue weighted by Gasteiger charge is -2.09. The molecule has 0 aliphatic carbocycles. The third-order valence-electron chi connectivity index (χ3n) is 3.56. The Balaban J connectivity index is 1.59. The van der Waals surface area contributed by atoms with E-state index in [1.165, 1.54) is 0 Å². The highest BCUT2D eigenvalue weighted by atomic mass is 32.2. The van der Waals surface area contributed by atoms with Gasteiger partial charge in [-0.15, -0.1) is 0 Å². The molecule has 0 saturated heterocycles. The molecule has 0 spiro atoms. The molecular weight excluding hydrogens is 322 g/mol. The van der Waals surface area contributed by atoms with Crippen molar-refractivity contribution in [1.29, 1.82) is 0 Å². The molecule has 2 aromatic carbocycles. The summed E-state index contributed by atoms with van der Waals surface area (Å²) >= 11 is 0. The Labute approximate surface area is 142 Å². The van der Waals surface area contributed by atoms with Gasteiger partial charge in [0.05, 0.1) is 5.52 Å². The highest BCUT2D eigenvalue weighted by molar-refractivity contribution is 7.84. The molecule has 1 aromatic heterocycles. The van der Waals surface area contributed by atoms with Crippen LogP contribution in [0, 0.1) is 0 Å². The van der Waals surface area contributed by atoms with Crippen molar-refractivity contribution in [2.24, 2.45) is 0 Å². The van der Waals surface area contributed by atoms with E-state index >= 15 is 0 Å². The first-order valence-electron chi connectivity index (χ1n) is 7.44.